The molecule has 2 heteroatoms. The van der Waals surface area contributed by atoms with Crippen molar-refractivity contribution in [3.63, 3.8) is 0 Å². The van der Waals surface area contributed by atoms with Gasteiger partial charge in [-0.25, -0.2) is 0 Å². The highest BCUT2D eigenvalue weighted by Gasteiger charge is 2.46. The maximum Gasteiger partial charge on any atom is 0.169 e. The Morgan fingerprint density at radius 1 is 1.29 bits per heavy atom. The number of fused-ring (bicyclic) bond motifs is 1. The van der Waals surface area contributed by atoms with Crippen molar-refractivity contribution in [1.29, 1.82) is 0 Å². The minimum Gasteiger partial charge on any atom is -0.358 e. The van der Waals surface area contributed by atoms with E-state index in [-0.39, 0.29) is 0 Å². The van der Waals surface area contributed by atoms with Gasteiger partial charge in [0.2, 0.25) is 0 Å². The van der Waals surface area contributed by atoms with E-state index in [0.717, 1.165) is 24.7 Å². The molecule has 0 radical (unpaired) electrons. The van der Waals surface area contributed by atoms with E-state index in [0.29, 0.717) is 12.5 Å². The molecule has 1 aliphatic heterocycles. The fourth-order valence-electron chi connectivity index (χ4n) is 2.99. The Morgan fingerprint density at radius 3 is 2.88 bits per heavy atom. The molecule has 17 heavy (non-hydrogen) atoms. The molecule has 88 valence electrons. The molecule has 1 aliphatic carbocycles. The Kier molecular flexibility index (Phi) is 2.60. The molecule has 1 aromatic rings. The van der Waals surface area contributed by atoms with Gasteiger partial charge in [-0.05, 0) is 30.4 Å². The van der Waals surface area contributed by atoms with E-state index in [9.17, 15) is 4.79 Å². The molecular formula is C15H16O2. The minimum absolute atomic E-state index is 0.439. The molecule has 2 atom stereocenters. The van der Waals surface area contributed by atoms with Gasteiger partial charge < -0.3 is 4.74 Å². The van der Waals surface area contributed by atoms with Crippen LogP contribution in [0.25, 0.3) is 0 Å². The minimum atomic E-state index is -0.799. The lowest BCUT2D eigenvalue weighted by atomic mass is 9.78. The molecule has 0 aromatic heterocycles. The first kappa shape index (κ1) is 10.7. The highest BCUT2D eigenvalue weighted by Crippen LogP contribution is 2.46. The van der Waals surface area contributed by atoms with Crippen molar-refractivity contribution < 1.29 is 9.53 Å². The van der Waals surface area contributed by atoms with Gasteiger partial charge in [-0.2, -0.15) is 0 Å². The van der Waals surface area contributed by atoms with Crippen LogP contribution >= 0.6 is 0 Å². The monoisotopic (exact) mass is 228 g/mol. The van der Waals surface area contributed by atoms with Crippen LogP contribution in [0.4, 0.5) is 0 Å². The van der Waals surface area contributed by atoms with Crippen LogP contribution in [0.1, 0.15) is 24.8 Å². The molecule has 1 aromatic carbocycles. The lowest BCUT2D eigenvalue weighted by molar-refractivity contribution is -0.123. The van der Waals surface area contributed by atoms with Gasteiger partial charge in [-0.15, -0.1) is 0 Å². The van der Waals surface area contributed by atoms with Crippen molar-refractivity contribution >= 4 is 6.29 Å². The molecule has 1 saturated heterocycles. The number of rotatable bonds is 2. The van der Waals surface area contributed by atoms with Gasteiger partial charge in [-0.3, -0.25) is 4.79 Å². The second-order valence-electron chi connectivity index (χ2n) is 4.82. The molecule has 1 heterocycles. The lowest BCUT2D eigenvalue weighted by Crippen LogP contribution is -2.30. The van der Waals surface area contributed by atoms with Crippen LogP contribution in [0.15, 0.2) is 42.0 Å². The highest BCUT2D eigenvalue weighted by molar-refractivity contribution is 5.73. The van der Waals surface area contributed by atoms with Crippen molar-refractivity contribution in [2.75, 3.05) is 6.61 Å². The normalized spacial score (nSPS) is 31.8. The predicted octanol–water partition coefficient (Wildman–Crippen LogP) is 2.84. The van der Waals surface area contributed by atoms with Crippen LogP contribution in [0.5, 0.6) is 0 Å². The van der Waals surface area contributed by atoms with Crippen molar-refractivity contribution in [1.82, 2.24) is 0 Å². The highest BCUT2D eigenvalue weighted by atomic mass is 16.5. The Hall–Kier alpha value is -1.41. The molecule has 1 fully saturated rings. The van der Waals surface area contributed by atoms with Gasteiger partial charge in [0, 0.05) is 5.92 Å². The summed E-state index contributed by atoms with van der Waals surface area (Å²) in [5.74, 6) is 0.439. The fraction of sp³-hybridized carbons (Fsp3) is 0.400. The Balaban J connectivity index is 2.09. The Morgan fingerprint density at radius 2 is 2.12 bits per heavy atom. The Bertz CT molecular complexity index is 449. The third kappa shape index (κ3) is 1.55. The first-order chi connectivity index (χ1) is 8.37. The van der Waals surface area contributed by atoms with Crippen molar-refractivity contribution in [2.24, 2.45) is 5.92 Å². The lowest BCUT2D eigenvalue weighted by Gasteiger charge is -2.27. The van der Waals surface area contributed by atoms with E-state index < -0.39 is 5.60 Å². The number of benzene rings is 1. The largest absolute Gasteiger partial charge is 0.358 e. The van der Waals surface area contributed by atoms with Gasteiger partial charge in [0.05, 0.1) is 6.61 Å². The number of carbonyl (C=O) groups excluding carboxylic acids is 1. The van der Waals surface area contributed by atoms with Gasteiger partial charge in [0.15, 0.2) is 11.9 Å². The summed E-state index contributed by atoms with van der Waals surface area (Å²) in [6, 6.07) is 9.84. The summed E-state index contributed by atoms with van der Waals surface area (Å²) in [5.41, 5.74) is 1.35. The summed E-state index contributed by atoms with van der Waals surface area (Å²) in [7, 11) is 0. The molecule has 2 nitrogen and oxygen atoms in total. The molecule has 0 bridgehead atoms. The zero-order valence-corrected chi connectivity index (χ0v) is 9.76. The second-order valence-corrected chi connectivity index (χ2v) is 4.82. The van der Waals surface area contributed by atoms with Crippen LogP contribution in [0.2, 0.25) is 0 Å². The average molecular weight is 228 g/mol. The van der Waals surface area contributed by atoms with Gasteiger partial charge in [0.25, 0.3) is 0 Å². The second kappa shape index (κ2) is 4.11. The fourth-order valence-corrected chi connectivity index (χ4v) is 2.99. The number of hydrogen-bond acceptors (Lipinski definition) is 2. The van der Waals surface area contributed by atoms with Crippen LogP contribution in [0.3, 0.4) is 0 Å². The summed E-state index contributed by atoms with van der Waals surface area (Å²) < 4.78 is 5.89. The van der Waals surface area contributed by atoms with Crippen molar-refractivity contribution in [3.05, 3.63) is 47.5 Å². The van der Waals surface area contributed by atoms with E-state index in [1.807, 2.05) is 30.3 Å². The maximum absolute atomic E-state index is 11.6. The van der Waals surface area contributed by atoms with Crippen LogP contribution in [0, 0.1) is 5.92 Å². The molecule has 2 unspecified atom stereocenters. The van der Waals surface area contributed by atoms with E-state index >= 15 is 0 Å². The van der Waals surface area contributed by atoms with E-state index in [4.69, 9.17) is 4.74 Å². The summed E-state index contributed by atoms with van der Waals surface area (Å²) >= 11 is 0. The van der Waals surface area contributed by atoms with Crippen LogP contribution in [-0.4, -0.2) is 12.9 Å². The zero-order chi connectivity index (χ0) is 11.7. The summed E-state index contributed by atoms with van der Waals surface area (Å²) in [4.78, 5) is 11.6. The molecule has 0 amide bonds. The summed E-state index contributed by atoms with van der Waals surface area (Å²) in [6.07, 6.45) is 6.61. The summed E-state index contributed by atoms with van der Waals surface area (Å²) in [6.45, 7) is 0.680. The molecule has 3 rings (SSSR count). The first-order valence-corrected chi connectivity index (χ1v) is 6.23. The molecule has 0 N–H and O–H groups in total. The number of carbonyl (C=O) groups is 1. The molecule has 2 aliphatic rings. The molecule has 0 spiro atoms. The zero-order valence-electron chi connectivity index (χ0n) is 9.76. The smallest absolute Gasteiger partial charge is 0.169 e. The van der Waals surface area contributed by atoms with E-state index in [1.165, 1.54) is 12.0 Å². The average Bonchev–Trinajstić information content (AvgIpc) is 2.80. The van der Waals surface area contributed by atoms with Crippen molar-refractivity contribution in [3.8, 4) is 0 Å². The molecular weight excluding hydrogens is 212 g/mol. The van der Waals surface area contributed by atoms with Gasteiger partial charge in [-0.1, -0.05) is 36.4 Å². The third-order valence-electron chi connectivity index (χ3n) is 3.87. The predicted molar refractivity (Wildman–Crippen MR) is 65.6 cm³/mol. The quantitative estimate of drug-likeness (QED) is 0.574. The topological polar surface area (TPSA) is 26.3 Å². The third-order valence-corrected chi connectivity index (χ3v) is 3.87. The summed E-state index contributed by atoms with van der Waals surface area (Å²) in [5, 5.41) is 0. The van der Waals surface area contributed by atoms with Crippen LogP contribution in [-0.2, 0) is 15.1 Å². The van der Waals surface area contributed by atoms with E-state index in [2.05, 4.69) is 6.08 Å². The number of ether oxygens (including phenoxy) is 1. The standard InChI is InChI=1S/C15H16O2/c16-11-15(13-7-2-1-3-8-13)14-9-5-4-6-12(14)10-17-15/h1-3,7-9,11-12H,4-6,10H2. The molecule has 0 saturated carbocycles. The van der Waals surface area contributed by atoms with Gasteiger partial charge in [0.1, 0.15) is 0 Å². The van der Waals surface area contributed by atoms with E-state index in [1.54, 1.807) is 0 Å². The maximum atomic E-state index is 11.6. The number of allylic oxidation sites excluding steroid dienone is 1. The van der Waals surface area contributed by atoms with Crippen molar-refractivity contribution in [2.45, 2.75) is 24.9 Å². The SMILES string of the molecule is O=CC1(c2ccccc2)OCC2CCCC=C21. The Labute approximate surface area is 101 Å². The first-order valence-electron chi connectivity index (χ1n) is 6.23. The van der Waals surface area contributed by atoms with Crippen LogP contribution < -0.4 is 0 Å². The number of aldehydes is 1. The number of hydrogen-bond donors (Lipinski definition) is 0. The van der Waals surface area contributed by atoms with Gasteiger partial charge >= 0.3 is 0 Å².